The number of benzene rings is 2. The smallest absolute Gasteiger partial charge is 0.272 e. The summed E-state index contributed by atoms with van der Waals surface area (Å²) in [6.07, 6.45) is -0.761. The molecule has 0 spiro atoms. The fourth-order valence-electron chi connectivity index (χ4n) is 2.05. The zero-order valence-electron chi connectivity index (χ0n) is 12.5. The third-order valence-corrected chi connectivity index (χ3v) is 3.85. The average molecular weight is 325 g/mol. The van der Waals surface area contributed by atoms with Crippen LogP contribution in [-0.2, 0) is 4.79 Å². The molecule has 1 atom stereocenters. The van der Waals surface area contributed by atoms with Crippen LogP contribution in [0.5, 0.6) is 5.75 Å². The highest BCUT2D eigenvalue weighted by Crippen LogP contribution is 2.24. The van der Waals surface area contributed by atoms with Crippen molar-refractivity contribution in [2.45, 2.75) is 13.0 Å². The van der Waals surface area contributed by atoms with Gasteiger partial charge in [-0.3, -0.25) is 10.1 Å². The van der Waals surface area contributed by atoms with Crippen LogP contribution in [0.4, 0.5) is 5.13 Å². The first kappa shape index (κ1) is 15.2. The van der Waals surface area contributed by atoms with Crippen LogP contribution in [0.3, 0.4) is 0 Å². The number of rotatable bonds is 5. The number of hydrogen-bond donors (Lipinski definition) is 1. The van der Waals surface area contributed by atoms with E-state index < -0.39 is 6.10 Å². The monoisotopic (exact) mass is 325 g/mol. The Morgan fingerprint density at radius 3 is 2.30 bits per heavy atom. The van der Waals surface area contributed by atoms with Crippen molar-refractivity contribution < 1.29 is 9.53 Å². The van der Waals surface area contributed by atoms with Crippen LogP contribution < -0.4 is 10.1 Å². The van der Waals surface area contributed by atoms with E-state index in [1.165, 1.54) is 11.3 Å². The molecule has 5 nitrogen and oxygen atoms in total. The summed E-state index contributed by atoms with van der Waals surface area (Å²) in [7, 11) is 0. The van der Waals surface area contributed by atoms with Crippen molar-refractivity contribution in [1.29, 1.82) is 0 Å². The van der Waals surface area contributed by atoms with E-state index in [4.69, 9.17) is 4.74 Å². The van der Waals surface area contributed by atoms with E-state index in [9.17, 15) is 4.79 Å². The summed E-state index contributed by atoms with van der Waals surface area (Å²) in [4.78, 5) is 12.6. The Hall–Kier alpha value is -2.73. The lowest BCUT2D eigenvalue weighted by atomic mass is 10.1. The molecule has 1 amide bonds. The maximum absolute atomic E-state index is 12.6. The number of anilines is 1. The number of amides is 1. The molecule has 116 valence electrons. The number of hydrogen-bond acceptors (Lipinski definition) is 5. The Labute approximate surface area is 138 Å². The molecule has 0 aliphatic rings. The maximum Gasteiger partial charge on any atom is 0.272 e. The number of nitrogens with one attached hydrogen (secondary N) is 1. The number of carbonyl (C=O) groups is 1. The van der Waals surface area contributed by atoms with Crippen LogP contribution in [0, 0.1) is 6.92 Å². The molecule has 0 radical (unpaired) electrons. The summed E-state index contributed by atoms with van der Waals surface area (Å²) in [6, 6.07) is 18.6. The normalized spacial score (nSPS) is 11.7. The first-order valence-corrected chi connectivity index (χ1v) is 7.91. The molecule has 1 heterocycles. The van der Waals surface area contributed by atoms with E-state index in [1.54, 1.807) is 0 Å². The minimum absolute atomic E-state index is 0.281. The number of nitrogens with zero attached hydrogens (tertiary/aromatic N) is 2. The molecule has 2 aromatic carbocycles. The van der Waals surface area contributed by atoms with Gasteiger partial charge in [-0.15, -0.1) is 10.2 Å². The SMILES string of the molecule is Cc1nnc(NC(=O)C(Oc2ccccc2)c2ccccc2)s1. The molecule has 3 rings (SSSR count). The highest BCUT2D eigenvalue weighted by molar-refractivity contribution is 7.15. The number of ether oxygens (including phenoxy) is 1. The zero-order chi connectivity index (χ0) is 16.1. The van der Waals surface area contributed by atoms with Gasteiger partial charge in [-0.25, -0.2) is 0 Å². The molecule has 1 N–H and O–H groups in total. The lowest BCUT2D eigenvalue weighted by molar-refractivity contribution is -0.123. The second-order valence-corrected chi connectivity index (χ2v) is 6.02. The van der Waals surface area contributed by atoms with Crippen LogP contribution in [0.1, 0.15) is 16.7 Å². The van der Waals surface area contributed by atoms with Crippen molar-refractivity contribution in [3.05, 3.63) is 71.2 Å². The van der Waals surface area contributed by atoms with Crippen molar-refractivity contribution in [3.63, 3.8) is 0 Å². The molecule has 1 aromatic heterocycles. The molecular formula is C17H15N3O2S. The van der Waals surface area contributed by atoms with Gasteiger partial charge >= 0.3 is 0 Å². The van der Waals surface area contributed by atoms with Crippen LogP contribution in [0.2, 0.25) is 0 Å². The van der Waals surface area contributed by atoms with Gasteiger partial charge in [0.15, 0.2) is 0 Å². The highest BCUT2D eigenvalue weighted by Gasteiger charge is 2.23. The summed E-state index contributed by atoms with van der Waals surface area (Å²) in [5.41, 5.74) is 0.773. The molecule has 0 aliphatic heterocycles. The number of carbonyl (C=O) groups excluding carboxylic acids is 1. The third kappa shape index (κ3) is 3.92. The lowest BCUT2D eigenvalue weighted by Crippen LogP contribution is -2.25. The molecule has 0 saturated carbocycles. The molecule has 0 bridgehead atoms. The van der Waals surface area contributed by atoms with Gasteiger partial charge in [0.05, 0.1) is 0 Å². The van der Waals surface area contributed by atoms with E-state index in [0.29, 0.717) is 10.9 Å². The fourth-order valence-corrected chi connectivity index (χ4v) is 2.65. The van der Waals surface area contributed by atoms with Gasteiger partial charge in [-0.2, -0.15) is 0 Å². The third-order valence-electron chi connectivity index (χ3n) is 3.09. The van der Waals surface area contributed by atoms with Crippen molar-refractivity contribution in [2.24, 2.45) is 0 Å². The minimum atomic E-state index is -0.761. The Balaban J connectivity index is 1.84. The van der Waals surface area contributed by atoms with Crippen LogP contribution >= 0.6 is 11.3 Å². The second-order valence-electron chi connectivity index (χ2n) is 4.84. The van der Waals surface area contributed by atoms with Crippen molar-refractivity contribution in [2.75, 3.05) is 5.32 Å². The van der Waals surface area contributed by atoms with Gasteiger partial charge in [0, 0.05) is 5.56 Å². The fraction of sp³-hybridized carbons (Fsp3) is 0.118. The average Bonchev–Trinajstić information content (AvgIpc) is 2.99. The molecule has 3 aromatic rings. The van der Waals surface area contributed by atoms with Crippen molar-refractivity contribution in [1.82, 2.24) is 10.2 Å². The minimum Gasteiger partial charge on any atom is -0.476 e. The summed E-state index contributed by atoms with van der Waals surface area (Å²) < 4.78 is 5.89. The largest absolute Gasteiger partial charge is 0.476 e. The standard InChI is InChI=1S/C17H15N3O2S/c1-12-19-20-17(23-12)18-16(21)15(13-8-4-2-5-9-13)22-14-10-6-3-7-11-14/h2-11,15H,1H3,(H,18,20,21). The van der Waals surface area contributed by atoms with E-state index in [1.807, 2.05) is 67.6 Å². The highest BCUT2D eigenvalue weighted by atomic mass is 32.1. The molecule has 1 unspecified atom stereocenters. The van der Waals surface area contributed by atoms with Gasteiger partial charge < -0.3 is 4.74 Å². The lowest BCUT2D eigenvalue weighted by Gasteiger charge is -2.18. The Bertz CT molecular complexity index is 775. The predicted molar refractivity (Wildman–Crippen MR) is 89.5 cm³/mol. The van der Waals surface area contributed by atoms with Gasteiger partial charge in [-0.1, -0.05) is 59.9 Å². The zero-order valence-corrected chi connectivity index (χ0v) is 13.3. The van der Waals surface area contributed by atoms with Gasteiger partial charge in [0.2, 0.25) is 11.2 Å². The summed E-state index contributed by atoms with van der Waals surface area (Å²) >= 11 is 1.33. The van der Waals surface area contributed by atoms with Crippen LogP contribution in [0.15, 0.2) is 60.7 Å². The van der Waals surface area contributed by atoms with E-state index >= 15 is 0 Å². The van der Waals surface area contributed by atoms with Gasteiger partial charge in [0.25, 0.3) is 5.91 Å². The molecule has 0 fully saturated rings. The van der Waals surface area contributed by atoms with Crippen molar-refractivity contribution >= 4 is 22.4 Å². The Morgan fingerprint density at radius 1 is 1.04 bits per heavy atom. The summed E-state index contributed by atoms with van der Waals surface area (Å²) in [6.45, 7) is 1.84. The summed E-state index contributed by atoms with van der Waals surface area (Å²) in [5, 5.41) is 11.8. The van der Waals surface area contributed by atoms with E-state index in [0.717, 1.165) is 10.6 Å². The summed E-state index contributed by atoms with van der Waals surface area (Å²) in [5.74, 6) is 0.348. The first-order chi connectivity index (χ1) is 11.2. The quantitative estimate of drug-likeness (QED) is 0.778. The second kappa shape index (κ2) is 7.02. The van der Waals surface area contributed by atoms with E-state index in [2.05, 4.69) is 15.5 Å². The molecular weight excluding hydrogens is 310 g/mol. The predicted octanol–water partition coefficient (Wildman–Crippen LogP) is 3.61. The molecule has 23 heavy (non-hydrogen) atoms. The Kier molecular flexibility index (Phi) is 4.63. The first-order valence-electron chi connectivity index (χ1n) is 7.10. The number of aromatic nitrogens is 2. The molecule has 0 saturated heterocycles. The Morgan fingerprint density at radius 2 is 1.70 bits per heavy atom. The van der Waals surface area contributed by atoms with Crippen LogP contribution in [-0.4, -0.2) is 16.1 Å². The van der Waals surface area contributed by atoms with Gasteiger partial charge in [-0.05, 0) is 19.1 Å². The van der Waals surface area contributed by atoms with E-state index in [-0.39, 0.29) is 5.91 Å². The van der Waals surface area contributed by atoms with Crippen LogP contribution in [0.25, 0.3) is 0 Å². The van der Waals surface area contributed by atoms with Crippen molar-refractivity contribution in [3.8, 4) is 5.75 Å². The number of para-hydroxylation sites is 1. The topological polar surface area (TPSA) is 64.1 Å². The van der Waals surface area contributed by atoms with Gasteiger partial charge in [0.1, 0.15) is 10.8 Å². The molecule has 6 heteroatoms. The number of aryl methyl sites for hydroxylation is 1. The molecule has 0 aliphatic carbocycles. The maximum atomic E-state index is 12.6.